The van der Waals surface area contributed by atoms with Crippen LogP contribution in [-0.2, 0) is 6.42 Å². The topological polar surface area (TPSA) is 51.0 Å². The monoisotopic (exact) mass is 243 g/mol. The van der Waals surface area contributed by atoms with Crippen LogP contribution in [0.2, 0.25) is 0 Å². The van der Waals surface area contributed by atoms with Gasteiger partial charge in [-0.15, -0.1) is 12.4 Å². The van der Waals surface area contributed by atoms with Crippen molar-refractivity contribution in [2.24, 2.45) is 5.92 Å². The summed E-state index contributed by atoms with van der Waals surface area (Å²) < 4.78 is 5.31. The Bertz CT molecular complexity index is 332. The summed E-state index contributed by atoms with van der Waals surface area (Å²) in [6, 6.07) is 0.305. The quantitative estimate of drug-likeness (QED) is 0.885. The molecule has 2 heterocycles. The summed E-state index contributed by atoms with van der Waals surface area (Å²) in [5, 5.41) is 7.47. The lowest BCUT2D eigenvalue weighted by molar-refractivity contribution is 0.295. The number of rotatable bonds is 3. The van der Waals surface area contributed by atoms with Gasteiger partial charge in [0.05, 0.1) is 6.04 Å². The van der Waals surface area contributed by atoms with Gasteiger partial charge in [0.25, 0.3) is 0 Å². The molecule has 0 radical (unpaired) electrons. The van der Waals surface area contributed by atoms with Crippen molar-refractivity contribution in [3.63, 3.8) is 0 Å². The molecule has 0 aromatic carbocycles. The van der Waals surface area contributed by atoms with E-state index in [1.165, 1.54) is 25.7 Å². The number of hydrogen-bond donors (Lipinski definition) is 1. The van der Waals surface area contributed by atoms with Gasteiger partial charge in [-0.1, -0.05) is 11.6 Å². The van der Waals surface area contributed by atoms with Crippen LogP contribution >= 0.6 is 12.4 Å². The van der Waals surface area contributed by atoms with Gasteiger partial charge >= 0.3 is 0 Å². The first-order chi connectivity index (χ1) is 7.42. The van der Waals surface area contributed by atoms with Gasteiger partial charge < -0.3 is 9.84 Å². The summed E-state index contributed by atoms with van der Waals surface area (Å²) in [6.45, 7) is 1.07. The van der Waals surface area contributed by atoms with Crippen LogP contribution in [0.3, 0.4) is 0 Å². The standard InChI is InChI=1S/C11H17N3O.ClH/c1-2-6-12-9(3-1)11-13-10(14-15-11)7-8-4-5-8;/h8-9,12H,1-7H2;1H/t9-;/m1./s1. The SMILES string of the molecule is C1CC[C@H](c2nc(CC3CC3)no2)NC1.Cl. The van der Waals surface area contributed by atoms with Crippen molar-refractivity contribution in [3.05, 3.63) is 11.7 Å². The molecule has 0 bridgehead atoms. The predicted octanol–water partition coefficient (Wildman–Crippen LogP) is 2.26. The van der Waals surface area contributed by atoms with Crippen LogP contribution in [0.4, 0.5) is 0 Å². The van der Waals surface area contributed by atoms with Gasteiger partial charge in [0, 0.05) is 6.42 Å². The normalized spacial score (nSPS) is 25.1. The van der Waals surface area contributed by atoms with Crippen molar-refractivity contribution in [2.75, 3.05) is 6.54 Å². The van der Waals surface area contributed by atoms with E-state index in [1.807, 2.05) is 0 Å². The highest BCUT2D eigenvalue weighted by molar-refractivity contribution is 5.85. The third-order valence-corrected chi connectivity index (χ3v) is 3.26. The van der Waals surface area contributed by atoms with Crippen LogP contribution in [-0.4, -0.2) is 16.7 Å². The number of nitrogens with zero attached hydrogens (tertiary/aromatic N) is 2. The van der Waals surface area contributed by atoms with Gasteiger partial charge in [0.2, 0.25) is 5.89 Å². The minimum Gasteiger partial charge on any atom is -0.338 e. The fourth-order valence-electron chi connectivity index (χ4n) is 2.13. The van der Waals surface area contributed by atoms with Crippen molar-refractivity contribution in [1.82, 2.24) is 15.5 Å². The molecule has 0 unspecified atom stereocenters. The lowest BCUT2D eigenvalue weighted by Gasteiger charge is -2.19. The van der Waals surface area contributed by atoms with Crippen molar-refractivity contribution >= 4 is 12.4 Å². The van der Waals surface area contributed by atoms with Gasteiger partial charge in [-0.25, -0.2) is 0 Å². The van der Waals surface area contributed by atoms with Gasteiger partial charge in [0.1, 0.15) is 0 Å². The van der Waals surface area contributed by atoms with E-state index >= 15 is 0 Å². The van der Waals surface area contributed by atoms with E-state index in [-0.39, 0.29) is 12.4 Å². The zero-order chi connectivity index (χ0) is 10.1. The smallest absolute Gasteiger partial charge is 0.243 e. The predicted molar refractivity (Wildman–Crippen MR) is 62.6 cm³/mol. The number of nitrogens with one attached hydrogen (secondary N) is 1. The number of hydrogen-bond acceptors (Lipinski definition) is 4. The highest BCUT2D eigenvalue weighted by atomic mass is 35.5. The van der Waals surface area contributed by atoms with Crippen LogP contribution in [0.1, 0.15) is 49.9 Å². The van der Waals surface area contributed by atoms with Gasteiger partial charge in [-0.3, -0.25) is 0 Å². The Kier molecular flexibility index (Phi) is 3.82. The minimum absolute atomic E-state index is 0. The van der Waals surface area contributed by atoms with Crippen LogP contribution in [0, 0.1) is 5.92 Å². The van der Waals surface area contributed by atoms with Crippen LogP contribution in [0.5, 0.6) is 0 Å². The lowest BCUT2D eigenvalue weighted by atomic mass is 10.1. The van der Waals surface area contributed by atoms with E-state index in [0.29, 0.717) is 6.04 Å². The van der Waals surface area contributed by atoms with Gasteiger partial charge in [-0.2, -0.15) is 4.98 Å². The Balaban J connectivity index is 0.000000963. The maximum absolute atomic E-state index is 5.31. The Morgan fingerprint density at radius 2 is 2.12 bits per heavy atom. The molecule has 5 heteroatoms. The second kappa shape index (κ2) is 5.15. The highest BCUT2D eigenvalue weighted by Crippen LogP contribution is 2.32. The Morgan fingerprint density at radius 3 is 2.81 bits per heavy atom. The minimum atomic E-state index is 0. The van der Waals surface area contributed by atoms with E-state index in [4.69, 9.17) is 4.52 Å². The van der Waals surface area contributed by atoms with Gasteiger partial charge in [-0.05, 0) is 38.1 Å². The number of halogens is 1. The molecule has 90 valence electrons. The first-order valence-electron chi connectivity index (χ1n) is 5.97. The molecule has 1 aliphatic carbocycles. The summed E-state index contributed by atoms with van der Waals surface area (Å²) in [7, 11) is 0. The van der Waals surface area contributed by atoms with E-state index in [9.17, 15) is 0 Å². The molecule has 1 aliphatic heterocycles. The molecule has 1 saturated heterocycles. The molecular weight excluding hydrogens is 226 g/mol. The third-order valence-electron chi connectivity index (χ3n) is 3.26. The maximum Gasteiger partial charge on any atom is 0.243 e. The molecular formula is C11H18ClN3O. The third kappa shape index (κ3) is 2.74. The summed E-state index contributed by atoms with van der Waals surface area (Å²) in [5.41, 5.74) is 0. The molecule has 1 saturated carbocycles. The van der Waals surface area contributed by atoms with E-state index in [1.54, 1.807) is 0 Å². The number of aromatic nitrogens is 2. The highest BCUT2D eigenvalue weighted by Gasteiger charge is 2.26. The second-order valence-electron chi connectivity index (χ2n) is 4.70. The van der Waals surface area contributed by atoms with E-state index in [2.05, 4.69) is 15.5 Å². The average Bonchev–Trinajstić information content (AvgIpc) is 2.96. The number of piperidine rings is 1. The summed E-state index contributed by atoms with van der Waals surface area (Å²) >= 11 is 0. The fraction of sp³-hybridized carbons (Fsp3) is 0.818. The molecule has 1 N–H and O–H groups in total. The van der Waals surface area contributed by atoms with Crippen LogP contribution < -0.4 is 5.32 Å². The van der Waals surface area contributed by atoms with Crippen LogP contribution in [0.15, 0.2) is 4.52 Å². The Morgan fingerprint density at radius 1 is 1.25 bits per heavy atom. The second-order valence-corrected chi connectivity index (χ2v) is 4.70. The first-order valence-corrected chi connectivity index (χ1v) is 5.97. The molecule has 0 spiro atoms. The van der Waals surface area contributed by atoms with Gasteiger partial charge in [0.15, 0.2) is 5.82 Å². The van der Waals surface area contributed by atoms with Crippen molar-refractivity contribution < 1.29 is 4.52 Å². The largest absolute Gasteiger partial charge is 0.338 e. The van der Waals surface area contributed by atoms with E-state index in [0.717, 1.165) is 37.0 Å². The molecule has 2 fully saturated rings. The summed E-state index contributed by atoms with van der Waals surface area (Å²) in [6.07, 6.45) is 7.34. The molecule has 4 nitrogen and oxygen atoms in total. The average molecular weight is 244 g/mol. The maximum atomic E-state index is 5.31. The molecule has 2 aliphatic rings. The first kappa shape index (κ1) is 11.9. The summed E-state index contributed by atoms with van der Waals surface area (Å²) in [4.78, 5) is 4.47. The van der Waals surface area contributed by atoms with Crippen molar-refractivity contribution in [3.8, 4) is 0 Å². The molecule has 16 heavy (non-hydrogen) atoms. The summed E-state index contributed by atoms with van der Waals surface area (Å²) in [5.74, 6) is 2.53. The van der Waals surface area contributed by atoms with Crippen LogP contribution in [0.25, 0.3) is 0 Å². The van der Waals surface area contributed by atoms with E-state index < -0.39 is 0 Å². The Labute approximate surface area is 102 Å². The van der Waals surface area contributed by atoms with Crippen molar-refractivity contribution in [1.29, 1.82) is 0 Å². The van der Waals surface area contributed by atoms with Crippen molar-refractivity contribution in [2.45, 2.75) is 44.6 Å². The Hall–Kier alpha value is -0.610. The molecule has 0 amide bonds. The molecule has 3 rings (SSSR count). The zero-order valence-electron chi connectivity index (χ0n) is 9.32. The fourth-order valence-corrected chi connectivity index (χ4v) is 2.13. The molecule has 1 atom stereocenters. The lowest BCUT2D eigenvalue weighted by Crippen LogP contribution is -2.27. The molecule has 1 aromatic heterocycles. The molecule has 1 aromatic rings. The zero-order valence-corrected chi connectivity index (χ0v) is 10.1.